The van der Waals surface area contributed by atoms with Crippen molar-refractivity contribution in [1.82, 2.24) is 4.98 Å². The van der Waals surface area contributed by atoms with Crippen LogP contribution in [0.3, 0.4) is 0 Å². The van der Waals surface area contributed by atoms with E-state index in [-0.39, 0.29) is 11.3 Å². The predicted octanol–water partition coefficient (Wildman–Crippen LogP) is 3.50. The van der Waals surface area contributed by atoms with Crippen LogP contribution < -0.4 is 9.46 Å². The van der Waals surface area contributed by atoms with Crippen LogP contribution in [0.5, 0.6) is 5.75 Å². The van der Waals surface area contributed by atoms with Crippen LogP contribution >= 0.6 is 0 Å². The molecule has 0 radical (unpaired) electrons. The molecule has 7 heteroatoms. The molecule has 0 aliphatic heterocycles. The fourth-order valence-electron chi connectivity index (χ4n) is 2.62. The Morgan fingerprint density at radius 1 is 1.15 bits per heavy atom. The van der Waals surface area contributed by atoms with Crippen molar-refractivity contribution in [3.63, 3.8) is 0 Å². The largest absolute Gasteiger partial charge is 0.492 e. The lowest BCUT2D eigenvalue weighted by atomic mass is 10.1. The van der Waals surface area contributed by atoms with E-state index in [9.17, 15) is 8.42 Å². The highest BCUT2D eigenvalue weighted by molar-refractivity contribution is 7.93. The zero-order valence-corrected chi connectivity index (χ0v) is 15.0. The lowest BCUT2D eigenvalue weighted by molar-refractivity contribution is 0.343. The number of fused-ring (bicyclic) bond motifs is 1. The Morgan fingerprint density at radius 3 is 2.62 bits per heavy atom. The van der Waals surface area contributed by atoms with Crippen LogP contribution in [0.2, 0.25) is 0 Å². The van der Waals surface area contributed by atoms with Gasteiger partial charge in [-0.2, -0.15) is 5.26 Å². The van der Waals surface area contributed by atoms with Crippen LogP contribution in [0.25, 0.3) is 10.9 Å². The molecule has 0 aliphatic rings. The topological polar surface area (TPSA) is 92.1 Å². The number of nitrogens with one attached hydrogen (secondary N) is 1. The molecule has 132 valence electrons. The number of benzene rings is 2. The molecule has 1 N–H and O–H groups in total. The summed E-state index contributed by atoms with van der Waals surface area (Å²) in [7, 11) is -3.81. The number of anilines is 1. The Morgan fingerprint density at radius 2 is 1.92 bits per heavy atom. The third-order valence-electron chi connectivity index (χ3n) is 3.77. The van der Waals surface area contributed by atoms with E-state index in [1.54, 1.807) is 48.7 Å². The van der Waals surface area contributed by atoms with Gasteiger partial charge in [-0.25, -0.2) is 8.42 Å². The van der Waals surface area contributed by atoms with E-state index < -0.39 is 10.0 Å². The molecule has 1 aromatic heterocycles. The van der Waals surface area contributed by atoms with Crippen LogP contribution in [0, 0.1) is 11.3 Å². The molecule has 26 heavy (non-hydrogen) atoms. The summed E-state index contributed by atoms with van der Waals surface area (Å²) in [5, 5.41) is 9.20. The van der Waals surface area contributed by atoms with Gasteiger partial charge in [-0.15, -0.1) is 0 Å². The van der Waals surface area contributed by atoms with Gasteiger partial charge >= 0.3 is 0 Å². The normalized spacial score (nSPS) is 11.1. The van der Waals surface area contributed by atoms with Gasteiger partial charge < -0.3 is 4.74 Å². The molecule has 1 heterocycles. The van der Waals surface area contributed by atoms with E-state index in [2.05, 4.69) is 15.8 Å². The quantitative estimate of drug-likeness (QED) is 0.720. The SMILES string of the molecule is CCOc1ccc(S(=O)(=O)Nc2ccc(CC#N)cc2)c2cccnc12. The summed E-state index contributed by atoms with van der Waals surface area (Å²) in [6, 6.07) is 15.3. The van der Waals surface area contributed by atoms with Crippen molar-refractivity contribution < 1.29 is 13.2 Å². The molecular formula is C19H17N3O3S. The molecular weight excluding hydrogens is 350 g/mol. The van der Waals surface area contributed by atoms with E-state index in [1.165, 1.54) is 6.07 Å². The van der Waals surface area contributed by atoms with Gasteiger partial charge in [0.1, 0.15) is 11.3 Å². The highest BCUT2D eigenvalue weighted by Gasteiger charge is 2.20. The number of nitrogens with zero attached hydrogens (tertiary/aromatic N) is 2. The third kappa shape index (κ3) is 3.60. The minimum Gasteiger partial charge on any atom is -0.492 e. The first-order valence-electron chi connectivity index (χ1n) is 8.04. The van der Waals surface area contributed by atoms with Crippen LogP contribution in [-0.4, -0.2) is 20.0 Å². The fraction of sp³-hybridized carbons (Fsp3) is 0.158. The first kappa shape index (κ1) is 17.7. The molecule has 0 atom stereocenters. The zero-order valence-electron chi connectivity index (χ0n) is 14.1. The van der Waals surface area contributed by atoms with Gasteiger partial charge in [-0.3, -0.25) is 9.71 Å². The molecule has 3 aromatic rings. The fourth-order valence-corrected chi connectivity index (χ4v) is 3.88. The first-order valence-corrected chi connectivity index (χ1v) is 9.52. The molecule has 0 saturated carbocycles. The Labute approximate surface area is 152 Å². The Bertz CT molecular complexity index is 1070. The number of nitriles is 1. The predicted molar refractivity (Wildman–Crippen MR) is 99.5 cm³/mol. The summed E-state index contributed by atoms with van der Waals surface area (Å²) in [6.07, 6.45) is 1.88. The van der Waals surface area contributed by atoms with Crippen molar-refractivity contribution in [1.29, 1.82) is 5.26 Å². The lowest BCUT2D eigenvalue weighted by Gasteiger charge is -2.13. The maximum atomic E-state index is 12.9. The lowest BCUT2D eigenvalue weighted by Crippen LogP contribution is -2.13. The van der Waals surface area contributed by atoms with Crippen LogP contribution in [0.15, 0.2) is 59.6 Å². The van der Waals surface area contributed by atoms with E-state index in [0.29, 0.717) is 28.9 Å². The van der Waals surface area contributed by atoms with E-state index >= 15 is 0 Å². The molecule has 0 saturated heterocycles. The van der Waals surface area contributed by atoms with Gasteiger partial charge in [0.15, 0.2) is 0 Å². The number of ether oxygens (including phenoxy) is 1. The number of hydrogen-bond donors (Lipinski definition) is 1. The van der Waals surface area contributed by atoms with Crippen molar-refractivity contribution in [2.45, 2.75) is 18.2 Å². The highest BCUT2D eigenvalue weighted by Crippen LogP contribution is 2.30. The standard InChI is InChI=1S/C19H17N3O3S/c1-2-25-17-9-10-18(16-4-3-13-21-19(16)17)26(23,24)22-15-7-5-14(6-8-15)11-12-20/h3-10,13,22H,2,11H2,1H3. The Hall–Kier alpha value is -3.11. The summed E-state index contributed by atoms with van der Waals surface area (Å²) in [4.78, 5) is 4.39. The summed E-state index contributed by atoms with van der Waals surface area (Å²) in [6.45, 7) is 2.32. The molecule has 0 aliphatic carbocycles. The molecule has 0 spiro atoms. The molecule has 0 amide bonds. The number of aromatic nitrogens is 1. The summed E-state index contributed by atoms with van der Waals surface area (Å²) in [5.41, 5.74) is 1.75. The van der Waals surface area contributed by atoms with Gasteiger partial charge in [-0.1, -0.05) is 12.1 Å². The summed E-state index contributed by atoms with van der Waals surface area (Å²) >= 11 is 0. The van der Waals surface area contributed by atoms with Crippen LogP contribution in [0.1, 0.15) is 12.5 Å². The van der Waals surface area contributed by atoms with E-state index in [0.717, 1.165) is 5.56 Å². The van der Waals surface area contributed by atoms with Gasteiger partial charge in [0.05, 0.1) is 24.0 Å². The maximum Gasteiger partial charge on any atom is 0.262 e. The Kier molecular flexibility index (Phi) is 5.05. The van der Waals surface area contributed by atoms with Gasteiger partial charge in [-0.05, 0) is 48.9 Å². The minimum atomic E-state index is -3.81. The molecule has 6 nitrogen and oxygen atoms in total. The van der Waals surface area contributed by atoms with E-state index in [1.807, 2.05) is 6.92 Å². The molecule has 0 fully saturated rings. The Balaban J connectivity index is 1.99. The van der Waals surface area contributed by atoms with Crippen LogP contribution in [0.4, 0.5) is 5.69 Å². The molecule has 3 rings (SSSR count). The molecule has 0 bridgehead atoms. The van der Waals surface area contributed by atoms with Crippen molar-refractivity contribution in [3.05, 3.63) is 60.3 Å². The van der Waals surface area contributed by atoms with Crippen molar-refractivity contribution in [3.8, 4) is 11.8 Å². The average molecular weight is 367 g/mol. The second kappa shape index (κ2) is 7.42. The summed E-state index contributed by atoms with van der Waals surface area (Å²) < 4.78 is 33.8. The maximum absolute atomic E-state index is 12.9. The second-order valence-corrected chi connectivity index (χ2v) is 7.18. The zero-order chi connectivity index (χ0) is 18.6. The van der Waals surface area contributed by atoms with Crippen molar-refractivity contribution in [2.24, 2.45) is 0 Å². The van der Waals surface area contributed by atoms with Crippen molar-refractivity contribution in [2.75, 3.05) is 11.3 Å². The van der Waals surface area contributed by atoms with Crippen LogP contribution in [-0.2, 0) is 16.4 Å². The first-order chi connectivity index (χ1) is 12.5. The van der Waals surface area contributed by atoms with E-state index in [4.69, 9.17) is 10.00 Å². The number of sulfonamides is 1. The highest BCUT2D eigenvalue weighted by atomic mass is 32.2. The average Bonchev–Trinajstić information content (AvgIpc) is 2.64. The minimum absolute atomic E-state index is 0.130. The molecule has 0 unspecified atom stereocenters. The monoisotopic (exact) mass is 367 g/mol. The van der Waals surface area contributed by atoms with Gasteiger partial charge in [0.2, 0.25) is 0 Å². The number of hydrogen-bond acceptors (Lipinski definition) is 5. The number of rotatable bonds is 6. The second-order valence-electron chi connectivity index (χ2n) is 5.53. The van der Waals surface area contributed by atoms with Gasteiger partial charge in [0.25, 0.3) is 10.0 Å². The van der Waals surface area contributed by atoms with Crippen molar-refractivity contribution >= 4 is 26.6 Å². The number of pyridine rings is 1. The molecule has 2 aromatic carbocycles. The van der Waals surface area contributed by atoms with Gasteiger partial charge in [0, 0.05) is 17.3 Å². The summed E-state index contributed by atoms with van der Waals surface area (Å²) in [5.74, 6) is 0.544. The smallest absolute Gasteiger partial charge is 0.262 e. The third-order valence-corrected chi connectivity index (χ3v) is 5.21.